The zero-order valence-corrected chi connectivity index (χ0v) is 9.53. The first kappa shape index (κ1) is 9.58. The number of Topliss-reactive ketones (excluding diaryl/α,β-unsaturated/α-hetero) is 1. The quantitative estimate of drug-likeness (QED) is 0.720. The number of hydrogen-bond donors (Lipinski definition) is 0. The van der Waals surface area contributed by atoms with Gasteiger partial charge in [-0.2, -0.15) is 0 Å². The Hall–Kier alpha value is -1.64. The molecule has 82 valence electrons. The Morgan fingerprint density at radius 2 is 2.19 bits per heavy atom. The summed E-state index contributed by atoms with van der Waals surface area (Å²) in [4.78, 5) is 16.2. The average molecular weight is 214 g/mol. The first-order valence-electron chi connectivity index (χ1n) is 5.64. The molecule has 0 radical (unpaired) electrons. The van der Waals surface area contributed by atoms with Crippen LogP contribution in [0.1, 0.15) is 41.9 Å². The number of nitrogens with zero attached hydrogens (tertiary/aromatic N) is 2. The topological polar surface area (TPSA) is 34.9 Å². The first-order chi connectivity index (χ1) is 7.68. The zero-order valence-electron chi connectivity index (χ0n) is 9.53. The molecule has 1 aromatic heterocycles. The summed E-state index contributed by atoms with van der Waals surface area (Å²) in [6.07, 6.45) is 2.46. The van der Waals surface area contributed by atoms with Gasteiger partial charge in [-0.1, -0.05) is 6.07 Å². The second kappa shape index (κ2) is 3.17. The minimum Gasteiger partial charge on any atom is -0.330 e. The summed E-state index contributed by atoms with van der Waals surface area (Å²) in [5.74, 6) is 1.84. The van der Waals surface area contributed by atoms with Gasteiger partial charge in [0.1, 0.15) is 5.82 Å². The van der Waals surface area contributed by atoms with Crippen LogP contribution in [-0.4, -0.2) is 15.3 Å². The van der Waals surface area contributed by atoms with Crippen LogP contribution in [0.4, 0.5) is 0 Å². The molecule has 0 aliphatic heterocycles. The molecule has 0 atom stereocenters. The van der Waals surface area contributed by atoms with E-state index in [9.17, 15) is 4.79 Å². The van der Waals surface area contributed by atoms with Gasteiger partial charge < -0.3 is 4.57 Å². The van der Waals surface area contributed by atoms with Gasteiger partial charge in [-0.3, -0.25) is 4.79 Å². The summed E-state index contributed by atoms with van der Waals surface area (Å²) in [7, 11) is 2.01. The van der Waals surface area contributed by atoms with Crippen molar-refractivity contribution < 1.29 is 4.79 Å². The maximum atomic E-state index is 11.6. The van der Waals surface area contributed by atoms with E-state index in [4.69, 9.17) is 0 Å². The summed E-state index contributed by atoms with van der Waals surface area (Å²) in [5.41, 5.74) is 2.70. The predicted molar refractivity (Wildman–Crippen MR) is 62.7 cm³/mol. The number of carbonyl (C=O) groups is 1. The number of aryl methyl sites for hydroxylation is 1. The number of para-hydroxylation sites is 1. The van der Waals surface area contributed by atoms with Gasteiger partial charge in [0.2, 0.25) is 0 Å². The largest absolute Gasteiger partial charge is 0.330 e. The second-order valence-electron chi connectivity index (χ2n) is 4.53. The van der Waals surface area contributed by atoms with Crippen LogP contribution >= 0.6 is 0 Å². The third-order valence-corrected chi connectivity index (χ3v) is 3.25. The molecule has 3 rings (SSSR count). The summed E-state index contributed by atoms with van der Waals surface area (Å²) in [5, 5.41) is 0. The van der Waals surface area contributed by atoms with Gasteiger partial charge in [0.25, 0.3) is 0 Å². The molecule has 3 heteroatoms. The Morgan fingerprint density at radius 3 is 2.81 bits per heavy atom. The standard InChI is InChI=1S/C13H14N2O/c1-8(16)10-4-3-5-11-12(10)15(2)13(14-11)9-6-7-9/h3-5,9H,6-7H2,1-2H3. The summed E-state index contributed by atoms with van der Waals surface area (Å²) >= 11 is 0. The lowest BCUT2D eigenvalue weighted by Crippen LogP contribution is -2.00. The minimum absolute atomic E-state index is 0.107. The monoisotopic (exact) mass is 214 g/mol. The molecular weight excluding hydrogens is 200 g/mol. The fourth-order valence-electron chi connectivity index (χ4n) is 2.28. The molecule has 0 amide bonds. The molecule has 1 heterocycles. The average Bonchev–Trinajstić information content (AvgIpc) is 3.04. The smallest absolute Gasteiger partial charge is 0.161 e. The molecule has 1 aliphatic carbocycles. The van der Waals surface area contributed by atoms with Crippen LogP contribution in [0.25, 0.3) is 11.0 Å². The van der Waals surface area contributed by atoms with Gasteiger partial charge in [-0.05, 0) is 31.9 Å². The van der Waals surface area contributed by atoms with E-state index in [0.717, 1.165) is 22.4 Å². The van der Waals surface area contributed by atoms with E-state index >= 15 is 0 Å². The Morgan fingerprint density at radius 1 is 1.44 bits per heavy atom. The Kier molecular flexibility index (Phi) is 1.90. The highest BCUT2D eigenvalue weighted by atomic mass is 16.1. The molecule has 0 N–H and O–H groups in total. The van der Waals surface area contributed by atoms with Gasteiger partial charge in [-0.25, -0.2) is 4.98 Å². The van der Waals surface area contributed by atoms with Gasteiger partial charge in [-0.15, -0.1) is 0 Å². The van der Waals surface area contributed by atoms with Crippen molar-refractivity contribution in [2.45, 2.75) is 25.7 Å². The molecule has 1 aromatic carbocycles. The lowest BCUT2D eigenvalue weighted by atomic mass is 10.1. The van der Waals surface area contributed by atoms with Crippen LogP contribution in [0.3, 0.4) is 0 Å². The molecule has 3 nitrogen and oxygen atoms in total. The van der Waals surface area contributed by atoms with Crippen LogP contribution in [0.15, 0.2) is 18.2 Å². The highest BCUT2D eigenvalue weighted by molar-refractivity contribution is 6.05. The van der Waals surface area contributed by atoms with Gasteiger partial charge in [0.15, 0.2) is 5.78 Å². The van der Waals surface area contributed by atoms with Crippen molar-refractivity contribution in [1.82, 2.24) is 9.55 Å². The number of hydrogen-bond acceptors (Lipinski definition) is 2. The number of benzene rings is 1. The normalized spacial score (nSPS) is 15.6. The van der Waals surface area contributed by atoms with E-state index in [-0.39, 0.29) is 5.78 Å². The highest BCUT2D eigenvalue weighted by Gasteiger charge is 2.29. The van der Waals surface area contributed by atoms with Crippen LogP contribution in [0.5, 0.6) is 0 Å². The molecular formula is C13H14N2O. The molecule has 0 bridgehead atoms. The first-order valence-corrected chi connectivity index (χ1v) is 5.64. The van der Waals surface area contributed by atoms with Gasteiger partial charge in [0.05, 0.1) is 11.0 Å². The van der Waals surface area contributed by atoms with Crippen molar-refractivity contribution in [3.05, 3.63) is 29.6 Å². The van der Waals surface area contributed by atoms with Crippen molar-refractivity contribution in [2.24, 2.45) is 7.05 Å². The van der Waals surface area contributed by atoms with Crippen LogP contribution in [0.2, 0.25) is 0 Å². The number of ketones is 1. The van der Waals surface area contributed by atoms with E-state index in [0.29, 0.717) is 5.92 Å². The van der Waals surface area contributed by atoms with Gasteiger partial charge >= 0.3 is 0 Å². The maximum absolute atomic E-state index is 11.6. The lowest BCUT2D eigenvalue weighted by Gasteiger charge is -2.03. The maximum Gasteiger partial charge on any atom is 0.161 e. The lowest BCUT2D eigenvalue weighted by molar-refractivity contribution is 0.101. The van der Waals surface area contributed by atoms with Crippen molar-refractivity contribution in [2.75, 3.05) is 0 Å². The third kappa shape index (κ3) is 1.28. The molecule has 1 fully saturated rings. The van der Waals surface area contributed by atoms with Crippen molar-refractivity contribution in [3.8, 4) is 0 Å². The predicted octanol–water partition coefficient (Wildman–Crippen LogP) is 2.65. The van der Waals surface area contributed by atoms with Gasteiger partial charge in [0, 0.05) is 18.5 Å². The molecule has 16 heavy (non-hydrogen) atoms. The number of carbonyl (C=O) groups excluding carboxylic acids is 1. The molecule has 1 aliphatic rings. The van der Waals surface area contributed by atoms with E-state index < -0.39 is 0 Å². The van der Waals surface area contributed by atoms with Crippen molar-refractivity contribution in [3.63, 3.8) is 0 Å². The number of fused-ring (bicyclic) bond motifs is 1. The van der Waals surface area contributed by atoms with E-state index in [2.05, 4.69) is 9.55 Å². The van der Waals surface area contributed by atoms with E-state index in [1.807, 2.05) is 25.2 Å². The van der Waals surface area contributed by atoms with E-state index in [1.165, 1.54) is 12.8 Å². The van der Waals surface area contributed by atoms with Crippen LogP contribution in [-0.2, 0) is 7.05 Å². The van der Waals surface area contributed by atoms with Crippen LogP contribution < -0.4 is 0 Å². The Labute approximate surface area is 94.1 Å². The third-order valence-electron chi connectivity index (χ3n) is 3.25. The number of aromatic nitrogens is 2. The summed E-state index contributed by atoms with van der Waals surface area (Å²) in [6, 6.07) is 5.76. The molecule has 1 saturated carbocycles. The van der Waals surface area contributed by atoms with Crippen molar-refractivity contribution >= 4 is 16.8 Å². The van der Waals surface area contributed by atoms with E-state index in [1.54, 1.807) is 6.92 Å². The number of imidazole rings is 1. The highest BCUT2D eigenvalue weighted by Crippen LogP contribution is 2.40. The summed E-state index contributed by atoms with van der Waals surface area (Å²) in [6.45, 7) is 1.61. The van der Waals surface area contributed by atoms with Crippen molar-refractivity contribution in [1.29, 1.82) is 0 Å². The fraction of sp³-hybridized carbons (Fsp3) is 0.385. The molecule has 0 saturated heterocycles. The SMILES string of the molecule is CC(=O)c1cccc2nc(C3CC3)n(C)c12. The summed E-state index contributed by atoms with van der Waals surface area (Å²) < 4.78 is 2.09. The Bertz CT molecular complexity index is 579. The molecule has 0 spiro atoms. The second-order valence-corrected chi connectivity index (χ2v) is 4.53. The molecule has 2 aromatic rings. The number of rotatable bonds is 2. The molecule has 0 unspecified atom stereocenters. The fourth-order valence-corrected chi connectivity index (χ4v) is 2.28. The van der Waals surface area contributed by atoms with Crippen LogP contribution in [0, 0.1) is 0 Å². The minimum atomic E-state index is 0.107. The Balaban J connectivity index is 2.33. The zero-order chi connectivity index (χ0) is 11.3.